The fraction of sp³-hybridized carbons (Fsp3) is 0.238. The summed E-state index contributed by atoms with van der Waals surface area (Å²) in [4.78, 5) is 35.8. The number of benzene rings is 2. The summed E-state index contributed by atoms with van der Waals surface area (Å²) in [5, 5.41) is 5.60. The van der Waals surface area contributed by atoms with Gasteiger partial charge in [0.25, 0.3) is 5.91 Å². The van der Waals surface area contributed by atoms with Crippen LogP contribution in [0, 0.1) is 13.8 Å². The molecule has 4 N–H and O–H groups in total. The number of amides is 3. The van der Waals surface area contributed by atoms with Crippen LogP contribution in [0.15, 0.2) is 36.4 Å². The molecule has 11 heteroatoms. The highest BCUT2D eigenvalue weighted by Gasteiger charge is 2.11. The minimum Gasteiger partial charge on any atom is -0.483 e. The number of aryl methyl sites for hydroxylation is 2. The third-order valence-corrected chi connectivity index (χ3v) is 4.81. The van der Waals surface area contributed by atoms with E-state index in [9.17, 15) is 14.4 Å². The topological polar surface area (TPSA) is 109 Å². The summed E-state index contributed by atoms with van der Waals surface area (Å²) in [5.41, 5.74) is 7.01. The molecule has 0 spiro atoms. The minimum atomic E-state index is -0.495. The van der Waals surface area contributed by atoms with Crippen LogP contribution < -0.4 is 26.2 Å². The van der Waals surface area contributed by atoms with Gasteiger partial charge in [-0.05, 0) is 61.5 Å². The van der Waals surface area contributed by atoms with Crippen LogP contribution in [0.5, 0.6) is 5.75 Å². The van der Waals surface area contributed by atoms with Gasteiger partial charge in [-0.3, -0.25) is 30.6 Å². The normalized spacial score (nSPS) is 10.1. The van der Waals surface area contributed by atoms with Crippen LogP contribution in [0.3, 0.4) is 0 Å². The van der Waals surface area contributed by atoms with E-state index in [1.807, 2.05) is 32.0 Å². The van der Waals surface area contributed by atoms with Crippen molar-refractivity contribution in [2.45, 2.75) is 26.7 Å². The standard InChI is InChI=1S/C21H22Cl2N4O4S/c1-12-3-4-13(2)17(9-12)31-11-20(30)25-21(32)27-26-19(29)8-7-18(28)24-16-6-5-14(22)10-15(16)23/h3-6,9-10H,7-8,11H2,1-2H3,(H,24,28)(H,26,29)(H2,25,27,30,32). The van der Waals surface area contributed by atoms with E-state index in [0.717, 1.165) is 11.1 Å². The Morgan fingerprint density at radius 2 is 1.66 bits per heavy atom. The molecule has 2 rings (SSSR count). The lowest BCUT2D eigenvalue weighted by molar-refractivity contribution is -0.125. The molecule has 2 aromatic carbocycles. The number of hydrazine groups is 1. The van der Waals surface area contributed by atoms with Gasteiger partial charge in [0, 0.05) is 17.9 Å². The van der Waals surface area contributed by atoms with Gasteiger partial charge in [-0.1, -0.05) is 35.3 Å². The second-order valence-corrected chi connectivity index (χ2v) is 8.03. The molecule has 0 aliphatic rings. The Morgan fingerprint density at radius 3 is 2.38 bits per heavy atom. The summed E-state index contributed by atoms with van der Waals surface area (Å²) in [6.07, 6.45) is -0.203. The lowest BCUT2D eigenvalue weighted by Crippen LogP contribution is -2.49. The van der Waals surface area contributed by atoms with Crippen molar-refractivity contribution in [2.75, 3.05) is 11.9 Å². The SMILES string of the molecule is Cc1ccc(C)c(OCC(=O)NC(=S)NNC(=O)CCC(=O)Nc2ccc(Cl)cc2Cl)c1. The molecule has 0 aromatic heterocycles. The van der Waals surface area contributed by atoms with Crippen molar-refractivity contribution in [3.8, 4) is 5.75 Å². The minimum absolute atomic E-state index is 0.0880. The number of hydrogen-bond donors (Lipinski definition) is 4. The Bertz CT molecular complexity index is 1030. The zero-order chi connectivity index (χ0) is 23.7. The van der Waals surface area contributed by atoms with Gasteiger partial charge in [0.1, 0.15) is 5.75 Å². The molecule has 0 saturated carbocycles. The van der Waals surface area contributed by atoms with Gasteiger partial charge in [0.15, 0.2) is 11.7 Å². The average molecular weight is 497 g/mol. The summed E-state index contributed by atoms with van der Waals surface area (Å²) < 4.78 is 5.49. The summed E-state index contributed by atoms with van der Waals surface area (Å²) in [6, 6.07) is 10.3. The highest BCUT2D eigenvalue weighted by molar-refractivity contribution is 7.80. The molecule has 0 aliphatic carbocycles. The van der Waals surface area contributed by atoms with E-state index in [-0.39, 0.29) is 24.6 Å². The number of ether oxygens (including phenoxy) is 1. The Balaban J connectivity index is 1.66. The first-order valence-electron chi connectivity index (χ1n) is 9.47. The van der Waals surface area contributed by atoms with E-state index in [1.54, 1.807) is 12.1 Å². The molecule has 32 heavy (non-hydrogen) atoms. The molecule has 0 atom stereocenters. The maximum Gasteiger partial charge on any atom is 0.264 e. The summed E-state index contributed by atoms with van der Waals surface area (Å²) in [7, 11) is 0. The molecule has 2 aromatic rings. The van der Waals surface area contributed by atoms with Gasteiger partial charge < -0.3 is 10.1 Å². The van der Waals surface area contributed by atoms with Crippen LogP contribution in [0.4, 0.5) is 5.69 Å². The predicted octanol–water partition coefficient (Wildman–Crippen LogP) is 3.43. The van der Waals surface area contributed by atoms with Crippen LogP contribution in [0.25, 0.3) is 0 Å². The largest absolute Gasteiger partial charge is 0.483 e. The molecule has 0 heterocycles. The smallest absolute Gasteiger partial charge is 0.264 e. The van der Waals surface area contributed by atoms with Gasteiger partial charge in [-0.2, -0.15) is 0 Å². The van der Waals surface area contributed by atoms with E-state index < -0.39 is 17.7 Å². The Morgan fingerprint density at radius 1 is 0.938 bits per heavy atom. The van der Waals surface area contributed by atoms with Crippen molar-refractivity contribution in [2.24, 2.45) is 0 Å². The van der Waals surface area contributed by atoms with Crippen molar-refractivity contribution < 1.29 is 19.1 Å². The molecular formula is C21H22Cl2N4O4S. The third kappa shape index (κ3) is 8.70. The molecular weight excluding hydrogens is 475 g/mol. The maximum absolute atomic E-state index is 12.0. The van der Waals surface area contributed by atoms with E-state index in [0.29, 0.717) is 21.5 Å². The lowest BCUT2D eigenvalue weighted by atomic mass is 10.1. The first-order valence-corrected chi connectivity index (χ1v) is 10.6. The Hall–Kier alpha value is -2.88. The molecule has 0 radical (unpaired) electrons. The van der Waals surface area contributed by atoms with Gasteiger partial charge in [-0.15, -0.1) is 0 Å². The van der Waals surface area contributed by atoms with Gasteiger partial charge in [-0.25, -0.2) is 0 Å². The molecule has 0 aliphatic heterocycles. The predicted molar refractivity (Wildman–Crippen MR) is 128 cm³/mol. The molecule has 0 unspecified atom stereocenters. The van der Waals surface area contributed by atoms with Crippen LogP contribution in [0.2, 0.25) is 10.0 Å². The van der Waals surface area contributed by atoms with Crippen LogP contribution in [0.1, 0.15) is 24.0 Å². The van der Waals surface area contributed by atoms with E-state index >= 15 is 0 Å². The molecule has 0 saturated heterocycles. The number of halogens is 2. The van der Waals surface area contributed by atoms with Crippen molar-refractivity contribution in [3.63, 3.8) is 0 Å². The van der Waals surface area contributed by atoms with Gasteiger partial charge in [0.2, 0.25) is 11.8 Å². The first kappa shape index (κ1) is 25.4. The Labute approximate surface area is 201 Å². The first-order chi connectivity index (χ1) is 15.1. The zero-order valence-corrected chi connectivity index (χ0v) is 19.7. The third-order valence-electron chi connectivity index (χ3n) is 4.06. The average Bonchev–Trinajstić information content (AvgIpc) is 2.73. The number of hydrogen-bond acceptors (Lipinski definition) is 5. The van der Waals surface area contributed by atoms with Crippen molar-refractivity contribution in [3.05, 3.63) is 57.6 Å². The van der Waals surface area contributed by atoms with Crippen molar-refractivity contribution in [1.29, 1.82) is 0 Å². The second kappa shape index (κ2) is 12.2. The highest BCUT2D eigenvalue weighted by atomic mass is 35.5. The number of rotatable bonds is 7. The molecule has 0 fully saturated rings. The summed E-state index contributed by atoms with van der Waals surface area (Å²) in [6.45, 7) is 3.55. The maximum atomic E-state index is 12.0. The fourth-order valence-electron chi connectivity index (χ4n) is 2.42. The van der Waals surface area contributed by atoms with Crippen LogP contribution in [-0.2, 0) is 14.4 Å². The Kier molecular flexibility index (Phi) is 9.70. The summed E-state index contributed by atoms with van der Waals surface area (Å²) in [5.74, 6) is -0.781. The number of carbonyl (C=O) groups excluding carboxylic acids is 3. The number of carbonyl (C=O) groups is 3. The summed E-state index contributed by atoms with van der Waals surface area (Å²) >= 11 is 16.7. The molecule has 170 valence electrons. The number of anilines is 1. The number of thiocarbonyl (C=S) groups is 1. The molecule has 8 nitrogen and oxygen atoms in total. The van der Waals surface area contributed by atoms with Crippen LogP contribution >= 0.6 is 35.4 Å². The molecule has 0 bridgehead atoms. The molecule has 3 amide bonds. The van der Waals surface area contributed by atoms with E-state index in [1.165, 1.54) is 6.07 Å². The van der Waals surface area contributed by atoms with Gasteiger partial charge in [0.05, 0.1) is 10.7 Å². The fourth-order valence-corrected chi connectivity index (χ4v) is 3.04. The monoisotopic (exact) mass is 496 g/mol. The van der Waals surface area contributed by atoms with Crippen molar-refractivity contribution >= 4 is 63.9 Å². The van der Waals surface area contributed by atoms with Crippen LogP contribution in [-0.4, -0.2) is 29.4 Å². The van der Waals surface area contributed by atoms with E-state index in [2.05, 4.69) is 21.5 Å². The highest BCUT2D eigenvalue weighted by Crippen LogP contribution is 2.25. The van der Waals surface area contributed by atoms with Gasteiger partial charge >= 0.3 is 0 Å². The van der Waals surface area contributed by atoms with Crippen molar-refractivity contribution in [1.82, 2.24) is 16.2 Å². The lowest BCUT2D eigenvalue weighted by Gasteiger charge is -2.12. The second-order valence-electron chi connectivity index (χ2n) is 6.78. The van der Waals surface area contributed by atoms with E-state index in [4.69, 9.17) is 40.2 Å². The zero-order valence-electron chi connectivity index (χ0n) is 17.4. The number of nitrogens with one attached hydrogen (secondary N) is 4. The quantitative estimate of drug-likeness (QED) is 0.345.